The van der Waals surface area contributed by atoms with E-state index in [1.165, 1.54) is 33.6 Å². The summed E-state index contributed by atoms with van der Waals surface area (Å²) in [4.78, 5) is 28.1. The van der Waals surface area contributed by atoms with Crippen LogP contribution in [0.5, 0.6) is 5.75 Å². The Labute approximate surface area is 209 Å². The van der Waals surface area contributed by atoms with Crippen LogP contribution in [0.15, 0.2) is 58.4 Å². The van der Waals surface area contributed by atoms with Crippen LogP contribution in [0.4, 0.5) is 8.78 Å². The van der Waals surface area contributed by atoms with Gasteiger partial charge in [-0.15, -0.1) is 11.8 Å². The van der Waals surface area contributed by atoms with Crippen LogP contribution < -0.4 is 10.4 Å². The van der Waals surface area contributed by atoms with Gasteiger partial charge in [-0.3, -0.25) is 19.3 Å². The number of aromatic hydroxyl groups is 1. The number of amides is 1. The predicted octanol–water partition coefficient (Wildman–Crippen LogP) is 3.76. The molecule has 1 fully saturated rings. The number of carbonyl (C=O) groups is 1. The highest BCUT2D eigenvalue weighted by Crippen LogP contribution is 2.43. The summed E-state index contributed by atoms with van der Waals surface area (Å²) < 4.78 is 36.5. The fraction of sp³-hybridized carbons (Fsp3) is 0.308. The highest BCUT2D eigenvalue weighted by atomic mass is 32.2. The minimum absolute atomic E-state index is 0.0876. The second kappa shape index (κ2) is 8.94. The first-order chi connectivity index (χ1) is 17.4. The number of carbonyl (C=O) groups excluding carboxylic acids is 1. The third kappa shape index (κ3) is 3.84. The Morgan fingerprint density at radius 2 is 1.86 bits per heavy atom. The van der Waals surface area contributed by atoms with Gasteiger partial charge in [0.1, 0.15) is 6.67 Å². The zero-order valence-electron chi connectivity index (χ0n) is 19.2. The Morgan fingerprint density at radius 3 is 2.67 bits per heavy atom. The molecule has 1 saturated carbocycles. The molecule has 1 aromatic heterocycles. The van der Waals surface area contributed by atoms with Crippen molar-refractivity contribution in [3.63, 3.8) is 0 Å². The van der Waals surface area contributed by atoms with Crippen molar-refractivity contribution < 1.29 is 23.4 Å². The zero-order chi connectivity index (χ0) is 25.0. The maximum absolute atomic E-state index is 15.1. The van der Waals surface area contributed by atoms with Crippen molar-refractivity contribution in [1.82, 2.24) is 9.58 Å². The Balaban J connectivity index is 1.52. The number of ether oxygens (including phenoxy) is 1. The zero-order valence-corrected chi connectivity index (χ0v) is 20.0. The molecule has 3 heterocycles. The molecule has 2 aliphatic heterocycles. The van der Waals surface area contributed by atoms with Crippen LogP contribution >= 0.6 is 11.8 Å². The first-order valence-electron chi connectivity index (χ1n) is 11.7. The van der Waals surface area contributed by atoms with Crippen LogP contribution in [-0.2, 0) is 10.5 Å². The van der Waals surface area contributed by atoms with Crippen molar-refractivity contribution in [1.29, 1.82) is 0 Å². The summed E-state index contributed by atoms with van der Waals surface area (Å²) in [5.74, 6) is -2.73. The van der Waals surface area contributed by atoms with E-state index < -0.39 is 34.8 Å². The molecule has 3 aliphatic rings. The molecule has 1 amide bonds. The standard InChI is InChI=1S/C26H23F2N3O4S/c27-19-8-7-16-18(22(19)28)13-36-21-4-2-1-3-17(21)23(16)31-14-29(11-12-35-15-5-6-15)26(34)24-25(33)20(32)9-10-30(24)31/h1-4,7-10,15,23,33H,5-6,11-14H2/t23-/m0/s1. The number of aromatic nitrogens is 1. The Kier molecular flexibility index (Phi) is 5.72. The smallest absolute Gasteiger partial charge is 0.277 e. The molecule has 2 aromatic carbocycles. The number of fused-ring (bicyclic) bond motifs is 3. The fourth-order valence-electron chi connectivity index (χ4n) is 4.82. The largest absolute Gasteiger partial charge is 0.502 e. The van der Waals surface area contributed by atoms with Gasteiger partial charge < -0.3 is 14.7 Å². The Hall–Kier alpha value is -3.37. The first-order valence-corrected chi connectivity index (χ1v) is 12.7. The second-order valence-electron chi connectivity index (χ2n) is 9.10. The molecule has 1 aliphatic carbocycles. The van der Waals surface area contributed by atoms with Crippen LogP contribution in [-0.4, -0.2) is 46.5 Å². The molecule has 1 N–H and O–H groups in total. The Bertz CT molecular complexity index is 1420. The lowest BCUT2D eigenvalue weighted by atomic mass is 9.94. The maximum Gasteiger partial charge on any atom is 0.277 e. The third-order valence-electron chi connectivity index (χ3n) is 6.79. The van der Waals surface area contributed by atoms with E-state index in [0.717, 1.165) is 29.4 Å². The van der Waals surface area contributed by atoms with Gasteiger partial charge in [0.25, 0.3) is 5.91 Å². The summed E-state index contributed by atoms with van der Waals surface area (Å²) in [6.45, 7) is 0.655. The van der Waals surface area contributed by atoms with Gasteiger partial charge >= 0.3 is 0 Å². The van der Waals surface area contributed by atoms with Crippen LogP contribution in [0.2, 0.25) is 0 Å². The van der Waals surface area contributed by atoms with Crippen molar-refractivity contribution in [3.05, 3.63) is 92.9 Å². The molecular formula is C26H23F2N3O4S. The molecular weight excluding hydrogens is 488 g/mol. The first kappa shape index (κ1) is 23.1. The molecule has 3 aromatic rings. The number of thioether (sulfide) groups is 1. The molecule has 6 rings (SSSR count). The summed E-state index contributed by atoms with van der Waals surface area (Å²) in [6.07, 6.45) is 3.64. The van der Waals surface area contributed by atoms with Gasteiger partial charge in [-0.25, -0.2) is 8.78 Å². The predicted molar refractivity (Wildman–Crippen MR) is 130 cm³/mol. The molecule has 0 unspecified atom stereocenters. The second-order valence-corrected chi connectivity index (χ2v) is 10.1. The summed E-state index contributed by atoms with van der Waals surface area (Å²) in [6, 6.07) is 10.8. The average molecular weight is 512 g/mol. The van der Waals surface area contributed by atoms with Gasteiger partial charge in [0.05, 0.1) is 18.8 Å². The number of hydrogen-bond acceptors (Lipinski definition) is 6. The highest BCUT2D eigenvalue weighted by Gasteiger charge is 2.39. The maximum atomic E-state index is 15.1. The van der Waals surface area contributed by atoms with E-state index in [-0.39, 0.29) is 36.3 Å². The van der Waals surface area contributed by atoms with E-state index in [1.807, 2.05) is 24.3 Å². The number of halogens is 2. The summed E-state index contributed by atoms with van der Waals surface area (Å²) >= 11 is 1.41. The molecule has 1 atom stereocenters. The van der Waals surface area contributed by atoms with E-state index in [2.05, 4.69) is 0 Å². The summed E-state index contributed by atoms with van der Waals surface area (Å²) in [7, 11) is 0. The van der Waals surface area contributed by atoms with Crippen LogP contribution in [0.3, 0.4) is 0 Å². The average Bonchev–Trinajstić information content (AvgIpc) is 3.71. The van der Waals surface area contributed by atoms with Crippen molar-refractivity contribution >= 4 is 17.7 Å². The van der Waals surface area contributed by atoms with Crippen molar-refractivity contribution in [3.8, 4) is 5.75 Å². The topological polar surface area (TPSA) is 75.0 Å². The van der Waals surface area contributed by atoms with E-state index in [9.17, 15) is 19.1 Å². The van der Waals surface area contributed by atoms with E-state index in [0.29, 0.717) is 12.2 Å². The summed E-state index contributed by atoms with van der Waals surface area (Å²) in [5.41, 5.74) is 0.808. The quantitative estimate of drug-likeness (QED) is 0.563. The minimum atomic E-state index is -0.923. The van der Waals surface area contributed by atoms with Gasteiger partial charge in [0, 0.05) is 35.0 Å². The molecule has 0 radical (unpaired) electrons. The lowest BCUT2D eigenvalue weighted by Gasteiger charge is -2.44. The third-order valence-corrected chi connectivity index (χ3v) is 7.90. The minimum Gasteiger partial charge on any atom is -0.502 e. The molecule has 0 spiro atoms. The van der Waals surface area contributed by atoms with E-state index in [1.54, 1.807) is 11.1 Å². The number of nitrogens with zero attached hydrogens (tertiary/aromatic N) is 3. The van der Waals surface area contributed by atoms with Gasteiger partial charge in [0.15, 0.2) is 23.1 Å². The lowest BCUT2D eigenvalue weighted by molar-refractivity contribution is 0.0536. The number of hydrogen-bond donors (Lipinski definition) is 1. The number of rotatable bonds is 5. The molecule has 0 saturated heterocycles. The van der Waals surface area contributed by atoms with Gasteiger partial charge in [0.2, 0.25) is 5.43 Å². The fourth-order valence-corrected chi connectivity index (χ4v) is 5.93. The van der Waals surface area contributed by atoms with Crippen LogP contribution in [0.25, 0.3) is 0 Å². The molecule has 10 heteroatoms. The van der Waals surface area contributed by atoms with Gasteiger partial charge in [-0.05, 0) is 36.1 Å². The molecule has 7 nitrogen and oxygen atoms in total. The van der Waals surface area contributed by atoms with Gasteiger partial charge in [-0.2, -0.15) is 0 Å². The van der Waals surface area contributed by atoms with Gasteiger partial charge in [-0.1, -0.05) is 24.3 Å². The van der Waals surface area contributed by atoms with Crippen molar-refractivity contribution in [2.24, 2.45) is 0 Å². The normalized spacial score (nSPS) is 18.9. The van der Waals surface area contributed by atoms with E-state index >= 15 is 4.39 Å². The van der Waals surface area contributed by atoms with Crippen LogP contribution in [0, 0.1) is 11.6 Å². The van der Waals surface area contributed by atoms with Crippen molar-refractivity contribution in [2.75, 3.05) is 24.8 Å². The lowest BCUT2D eigenvalue weighted by Crippen LogP contribution is -2.56. The number of pyridine rings is 1. The SMILES string of the molecule is O=C1c2c(O)c(=O)ccn2N([C@@H]2c3ccccc3SCc3c2ccc(F)c3F)CN1CCOC1CC1. The monoisotopic (exact) mass is 511 g/mol. The van der Waals surface area contributed by atoms with Crippen molar-refractivity contribution in [2.45, 2.75) is 35.6 Å². The highest BCUT2D eigenvalue weighted by molar-refractivity contribution is 7.98. The van der Waals surface area contributed by atoms with E-state index in [4.69, 9.17) is 4.74 Å². The molecule has 36 heavy (non-hydrogen) atoms. The Morgan fingerprint density at radius 1 is 1.06 bits per heavy atom. The molecule has 0 bridgehead atoms. The number of benzene rings is 2. The summed E-state index contributed by atoms with van der Waals surface area (Å²) in [5, 5.41) is 12.4. The van der Waals surface area contributed by atoms with Crippen LogP contribution in [0.1, 0.15) is 46.1 Å². The molecule has 186 valence electrons.